The lowest BCUT2D eigenvalue weighted by Gasteiger charge is -2.24. The van der Waals surface area contributed by atoms with Gasteiger partial charge in [0.05, 0.1) is 5.60 Å². The van der Waals surface area contributed by atoms with Gasteiger partial charge >= 0.3 is 0 Å². The van der Waals surface area contributed by atoms with Crippen LogP contribution >= 0.6 is 24.0 Å². The minimum atomic E-state index is -0.113. The van der Waals surface area contributed by atoms with Crippen LogP contribution in [0.2, 0.25) is 0 Å². The molecule has 1 saturated heterocycles. The summed E-state index contributed by atoms with van der Waals surface area (Å²) in [5.41, 5.74) is 1.79. The fourth-order valence-corrected chi connectivity index (χ4v) is 3.00. The Morgan fingerprint density at radius 1 is 1.33 bits per heavy atom. The number of nitrogens with zero attached hydrogens (tertiary/aromatic N) is 1. The van der Waals surface area contributed by atoms with Gasteiger partial charge in [-0.15, -0.1) is 24.0 Å². The standard InChI is InChI=1S/C20H32N4O2.HI/c1-15(2)11-18(25)24-17-8-5-7-16(12-17)13-22-19(21-4)23-14-20(3)9-6-10-26-20;/h5,7-8,12,15H,6,9-11,13-14H2,1-4H3,(H,24,25)(H2,21,22,23);1H. The van der Waals surface area contributed by atoms with Gasteiger partial charge in [0.1, 0.15) is 0 Å². The van der Waals surface area contributed by atoms with E-state index in [4.69, 9.17) is 4.74 Å². The highest BCUT2D eigenvalue weighted by molar-refractivity contribution is 14.0. The molecule has 1 amide bonds. The number of hydrogen-bond acceptors (Lipinski definition) is 3. The van der Waals surface area contributed by atoms with E-state index in [-0.39, 0.29) is 35.5 Å². The van der Waals surface area contributed by atoms with E-state index in [2.05, 4.69) is 27.9 Å². The Balaban J connectivity index is 0.00000364. The number of hydrogen-bond donors (Lipinski definition) is 3. The van der Waals surface area contributed by atoms with Crippen LogP contribution in [0.5, 0.6) is 0 Å². The molecular formula is C20H33IN4O2. The quantitative estimate of drug-likeness (QED) is 0.312. The number of benzene rings is 1. The molecule has 1 aliphatic heterocycles. The van der Waals surface area contributed by atoms with Gasteiger partial charge in [-0.25, -0.2) is 0 Å². The normalized spacial score (nSPS) is 19.5. The highest BCUT2D eigenvalue weighted by atomic mass is 127. The summed E-state index contributed by atoms with van der Waals surface area (Å²) in [6.45, 7) is 8.40. The van der Waals surface area contributed by atoms with Crippen molar-refractivity contribution in [3.8, 4) is 0 Å². The summed E-state index contributed by atoms with van der Waals surface area (Å²) in [6.07, 6.45) is 2.70. The summed E-state index contributed by atoms with van der Waals surface area (Å²) >= 11 is 0. The van der Waals surface area contributed by atoms with Crippen LogP contribution in [-0.4, -0.2) is 37.7 Å². The molecule has 0 radical (unpaired) electrons. The number of carbonyl (C=O) groups is 1. The van der Waals surface area contributed by atoms with Gasteiger partial charge in [-0.1, -0.05) is 26.0 Å². The molecule has 1 aromatic carbocycles. The minimum absolute atomic E-state index is 0. The molecule has 1 unspecified atom stereocenters. The van der Waals surface area contributed by atoms with E-state index in [1.807, 2.05) is 38.1 Å². The van der Waals surface area contributed by atoms with Crippen LogP contribution in [0, 0.1) is 5.92 Å². The van der Waals surface area contributed by atoms with Crippen molar-refractivity contribution >= 4 is 41.5 Å². The van der Waals surface area contributed by atoms with Crippen molar-refractivity contribution in [1.82, 2.24) is 10.6 Å². The van der Waals surface area contributed by atoms with Crippen molar-refractivity contribution in [2.75, 3.05) is 25.5 Å². The number of amides is 1. The van der Waals surface area contributed by atoms with Gasteiger partial charge in [0.25, 0.3) is 0 Å². The van der Waals surface area contributed by atoms with E-state index in [1.54, 1.807) is 7.05 Å². The van der Waals surface area contributed by atoms with Crippen LogP contribution in [0.1, 0.15) is 45.6 Å². The molecule has 1 atom stereocenters. The van der Waals surface area contributed by atoms with E-state index in [1.165, 1.54) is 0 Å². The largest absolute Gasteiger partial charge is 0.373 e. The second kappa shape index (κ2) is 11.5. The second-order valence-electron chi connectivity index (χ2n) is 7.53. The molecule has 0 aliphatic carbocycles. The van der Waals surface area contributed by atoms with Crippen molar-refractivity contribution in [3.63, 3.8) is 0 Å². The van der Waals surface area contributed by atoms with E-state index in [0.717, 1.165) is 43.2 Å². The van der Waals surface area contributed by atoms with Crippen LogP contribution in [-0.2, 0) is 16.1 Å². The molecule has 7 heteroatoms. The molecule has 0 aromatic heterocycles. The van der Waals surface area contributed by atoms with Crippen molar-refractivity contribution in [2.24, 2.45) is 10.9 Å². The molecule has 3 N–H and O–H groups in total. The SMILES string of the molecule is CN=C(NCc1cccc(NC(=O)CC(C)C)c1)NCC1(C)CCCO1.I. The second-order valence-corrected chi connectivity index (χ2v) is 7.53. The van der Waals surface area contributed by atoms with Crippen LogP contribution < -0.4 is 16.0 Å². The number of ether oxygens (including phenoxy) is 1. The summed E-state index contributed by atoms with van der Waals surface area (Å²) < 4.78 is 5.79. The molecule has 0 saturated carbocycles. The third-order valence-electron chi connectivity index (χ3n) is 4.42. The van der Waals surface area contributed by atoms with E-state index < -0.39 is 0 Å². The smallest absolute Gasteiger partial charge is 0.224 e. The molecule has 0 bridgehead atoms. The molecule has 0 spiro atoms. The van der Waals surface area contributed by atoms with Gasteiger partial charge in [0.2, 0.25) is 5.91 Å². The lowest BCUT2D eigenvalue weighted by atomic mass is 10.0. The molecule has 1 aromatic rings. The maximum absolute atomic E-state index is 11.9. The summed E-state index contributed by atoms with van der Waals surface area (Å²) in [6, 6.07) is 7.87. The highest BCUT2D eigenvalue weighted by Crippen LogP contribution is 2.23. The van der Waals surface area contributed by atoms with Crippen LogP contribution in [0.15, 0.2) is 29.3 Å². The Bertz CT molecular complexity index is 628. The van der Waals surface area contributed by atoms with Gasteiger partial charge in [-0.2, -0.15) is 0 Å². The Hall–Kier alpha value is -1.35. The number of rotatable bonds is 7. The number of carbonyl (C=O) groups excluding carboxylic acids is 1. The predicted molar refractivity (Wildman–Crippen MR) is 122 cm³/mol. The predicted octanol–water partition coefficient (Wildman–Crippen LogP) is 3.52. The monoisotopic (exact) mass is 488 g/mol. The third-order valence-corrected chi connectivity index (χ3v) is 4.42. The van der Waals surface area contributed by atoms with Crippen LogP contribution in [0.25, 0.3) is 0 Å². The van der Waals surface area contributed by atoms with E-state index in [9.17, 15) is 4.79 Å². The van der Waals surface area contributed by atoms with Gasteiger partial charge in [-0.05, 0) is 43.4 Å². The maximum atomic E-state index is 11.9. The van der Waals surface area contributed by atoms with Gasteiger partial charge in [-0.3, -0.25) is 9.79 Å². The minimum Gasteiger partial charge on any atom is -0.373 e. The summed E-state index contributed by atoms with van der Waals surface area (Å²) in [7, 11) is 1.76. The molecule has 1 fully saturated rings. The van der Waals surface area contributed by atoms with Gasteiger partial charge < -0.3 is 20.7 Å². The van der Waals surface area contributed by atoms with Crippen LogP contribution in [0.4, 0.5) is 5.69 Å². The number of anilines is 1. The number of guanidine groups is 1. The van der Waals surface area contributed by atoms with E-state index in [0.29, 0.717) is 18.9 Å². The molecular weight excluding hydrogens is 455 g/mol. The lowest BCUT2D eigenvalue weighted by molar-refractivity contribution is -0.116. The lowest BCUT2D eigenvalue weighted by Crippen LogP contribution is -2.45. The van der Waals surface area contributed by atoms with Crippen molar-refractivity contribution in [2.45, 2.75) is 52.2 Å². The fraction of sp³-hybridized carbons (Fsp3) is 0.600. The molecule has 1 aliphatic rings. The first-order valence-corrected chi connectivity index (χ1v) is 9.37. The molecule has 1 heterocycles. The Labute approximate surface area is 179 Å². The first kappa shape index (κ1) is 23.7. The number of aliphatic imine (C=N–C) groups is 1. The molecule has 27 heavy (non-hydrogen) atoms. The third kappa shape index (κ3) is 8.47. The average molecular weight is 488 g/mol. The fourth-order valence-electron chi connectivity index (χ4n) is 3.00. The highest BCUT2D eigenvalue weighted by Gasteiger charge is 2.29. The zero-order valence-electron chi connectivity index (χ0n) is 16.8. The van der Waals surface area contributed by atoms with Crippen LogP contribution in [0.3, 0.4) is 0 Å². The number of nitrogens with one attached hydrogen (secondary N) is 3. The Morgan fingerprint density at radius 2 is 2.11 bits per heavy atom. The Kier molecular flexibility index (Phi) is 10.1. The van der Waals surface area contributed by atoms with Gasteiger partial charge in [0, 0.05) is 38.9 Å². The zero-order valence-corrected chi connectivity index (χ0v) is 19.1. The molecule has 152 valence electrons. The number of halogens is 1. The molecule has 6 nitrogen and oxygen atoms in total. The van der Waals surface area contributed by atoms with Gasteiger partial charge in [0.15, 0.2) is 5.96 Å². The van der Waals surface area contributed by atoms with Crippen molar-refractivity contribution < 1.29 is 9.53 Å². The molecule has 2 rings (SSSR count). The summed E-state index contributed by atoms with van der Waals surface area (Å²) in [5.74, 6) is 1.14. The summed E-state index contributed by atoms with van der Waals surface area (Å²) in [5, 5.41) is 9.60. The Morgan fingerprint density at radius 3 is 2.74 bits per heavy atom. The maximum Gasteiger partial charge on any atom is 0.224 e. The average Bonchev–Trinajstić information content (AvgIpc) is 3.01. The zero-order chi connectivity index (χ0) is 19.0. The van der Waals surface area contributed by atoms with Crippen molar-refractivity contribution in [1.29, 1.82) is 0 Å². The van der Waals surface area contributed by atoms with E-state index >= 15 is 0 Å². The van der Waals surface area contributed by atoms with Crippen molar-refractivity contribution in [3.05, 3.63) is 29.8 Å². The first-order valence-electron chi connectivity index (χ1n) is 9.37. The first-order chi connectivity index (χ1) is 12.4. The topological polar surface area (TPSA) is 74.8 Å². The summed E-state index contributed by atoms with van der Waals surface area (Å²) in [4.78, 5) is 16.2.